The normalized spacial score (nSPS) is 11.2. The second kappa shape index (κ2) is 6.77. The standard InChI is InChI=1S/C16H14N6OS2/c1-2-22-11-6-4-3-5-10(11)13-14(22)19-16(21-20-13)25-9-12(23)18-15-17-7-8-24-15/h3-8H,2,9H2,1H3,(H,17,18,23). The Morgan fingerprint density at radius 1 is 1.32 bits per heavy atom. The average Bonchev–Trinajstić information content (AvgIpc) is 3.25. The first kappa shape index (κ1) is 16.0. The highest BCUT2D eigenvalue weighted by molar-refractivity contribution is 7.99. The minimum Gasteiger partial charge on any atom is -0.324 e. The van der Waals surface area contributed by atoms with Gasteiger partial charge in [0.2, 0.25) is 11.1 Å². The van der Waals surface area contributed by atoms with Crippen molar-refractivity contribution in [1.29, 1.82) is 0 Å². The van der Waals surface area contributed by atoms with Crippen LogP contribution in [0.2, 0.25) is 0 Å². The van der Waals surface area contributed by atoms with Gasteiger partial charge in [-0.15, -0.1) is 21.5 Å². The van der Waals surface area contributed by atoms with E-state index in [9.17, 15) is 4.79 Å². The number of thiazole rings is 1. The van der Waals surface area contributed by atoms with Gasteiger partial charge in [-0.25, -0.2) is 9.97 Å². The molecule has 0 radical (unpaired) electrons. The van der Waals surface area contributed by atoms with E-state index < -0.39 is 0 Å². The van der Waals surface area contributed by atoms with E-state index >= 15 is 0 Å². The minimum atomic E-state index is -0.139. The molecule has 0 spiro atoms. The van der Waals surface area contributed by atoms with E-state index in [-0.39, 0.29) is 11.7 Å². The molecule has 1 N–H and O–H groups in total. The Balaban J connectivity index is 1.58. The van der Waals surface area contributed by atoms with Crippen LogP contribution in [0.3, 0.4) is 0 Å². The van der Waals surface area contributed by atoms with E-state index in [0.29, 0.717) is 10.3 Å². The molecule has 3 aromatic heterocycles. The fourth-order valence-electron chi connectivity index (χ4n) is 2.64. The van der Waals surface area contributed by atoms with Crippen LogP contribution >= 0.6 is 23.1 Å². The lowest BCUT2D eigenvalue weighted by Crippen LogP contribution is -2.14. The summed E-state index contributed by atoms with van der Waals surface area (Å²) in [4.78, 5) is 20.6. The van der Waals surface area contributed by atoms with Crippen LogP contribution in [0.1, 0.15) is 6.92 Å². The molecule has 0 atom stereocenters. The second-order valence-electron chi connectivity index (χ2n) is 5.20. The Kier molecular flexibility index (Phi) is 4.33. The van der Waals surface area contributed by atoms with Gasteiger partial charge in [0.1, 0.15) is 5.52 Å². The second-order valence-corrected chi connectivity index (χ2v) is 7.04. The van der Waals surface area contributed by atoms with Crippen molar-refractivity contribution in [3.63, 3.8) is 0 Å². The number of para-hydroxylation sites is 1. The van der Waals surface area contributed by atoms with E-state index in [0.717, 1.165) is 28.6 Å². The molecule has 1 aromatic carbocycles. The molecule has 0 unspecified atom stereocenters. The van der Waals surface area contributed by atoms with Gasteiger partial charge in [-0.2, -0.15) is 0 Å². The van der Waals surface area contributed by atoms with Crippen LogP contribution in [-0.4, -0.2) is 36.4 Å². The molecule has 4 aromatic rings. The molecule has 3 heterocycles. The molecule has 0 bridgehead atoms. The maximum Gasteiger partial charge on any atom is 0.236 e. The number of benzene rings is 1. The number of amides is 1. The van der Waals surface area contributed by atoms with E-state index in [1.54, 1.807) is 6.20 Å². The monoisotopic (exact) mass is 370 g/mol. The largest absolute Gasteiger partial charge is 0.324 e. The summed E-state index contributed by atoms with van der Waals surface area (Å²) in [7, 11) is 0. The molecular formula is C16H14N6OS2. The molecule has 126 valence electrons. The Hall–Kier alpha value is -2.52. The van der Waals surface area contributed by atoms with E-state index in [1.165, 1.54) is 23.1 Å². The highest BCUT2D eigenvalue weighted by Gasteiger charge is 2.14. The van der Waals surface area contributed by atoms with Crippen LogP contribution in [0.15, 0.2) is 41.0 Å². The van der Waals surface area contributed by atoms with Crippen molar-refractivity contribution in [3.8, 4) is 0 Å². The Morgan fingerprint density at radius 3 is 3.00 bits per heavy atom. The molecule has 0 saturated carbocycles. The Labute approximate surface area is 151 Å². The van der Waals surface area contributed by atoms with E-state index in [4.69, 9.17) is 0 Å². The molecule has 1 amide bonds. The number of rotatable bonds is 5. The number of carbonyl (C=O) groups is 1. The number of fused-ring (bicyclic) bond motifs is 3. The van der Waals surface area contributed by atoms with Crippen LogP contribution in [0.25, 0.3) is 22.1 Å². The van der Waals surface area contributed by atoms with Crippen LogP contribution in [0.5, 0.6) is 0 Å². The third-order valence-corrected chi connectivity index (χ3v) is 5.21. The summed E-state index contributed by atoms with van der Waals surface area (Å²) >= 11 is 2.64. The summed E-state index contributed by atoms with van der Waals surface area (Å²) in [5.41, 5.74) is 2.67. The minimum absolute atomic E-state index is 0.139. The van der Waals surface area contributed by atoms with Crippen molar-refractivity contribution in [2.24, 2.45) is 0 Å². The molecule has 0 fully saturated rings. The van der Waals surface area contributed by atoms with Crippen molar-refractivity contribution >= 4 is 56.2 Å². The van der Waals surface area contributed by atoms with Gasteiger partial charge in [0.25, 0.3) is 0 Å². The number of thioether (sulfide) groups is 1. The number of hydrogen-bond acceptors (Lipinski definition) is 7. The molecule has 25 heavy (non-hydrogen) atoms. The van der Waals surface area contributed by atoms with Gasteiger partial charge in [0.15, 0.2) is 10.8 Å². The first-order chi connectivity index (χ1) is 12.3. The average molecular weight is 370 g/mol. The van der Waals surface area contributed by atoms with Gasteiger partial charge >= 0.3 is 0 Å². The van der Waals surface area contributed by atoms with Crippen LogP contribution < -0.4 is 5.32 Å². The zero-order chi connectivity index (χ0) is 17.2. The number of aryl methyl sites for hydroxylation is 1. The fraction of sp³-hybridized carbons (Fsp3) is 0.188. The lowest BCUT2D eigenvalue weighted by molar-refractivity contribution is -0.113. The zero-order valence-corrected chi connectivity index (χ0v) is 15.0. The number of hydrogen-bond donors (Lipinski definition) is 1. The maximum atomic E-state index is 12.0. The highest BCUT2D eigenvalue weighted by Crippen LogP contribution is 2.27. The SMILES string of the molecule is CCn1c2ccccc2c2nnc(SCC(=O)Nc3nccs3)nc21. The van der Waals surface area contributed by atoms with Gasteiger partial charge in [-0.05, 0) is 13.0 Å². The predicted octanol–water partition coefficient (Wildman–Crippen LogP) is 3.19. The van der Waals surface area contributed by atoms with Crippen molar-refractivity contribution in [1.82, 2.24) is 24.7 Å². The topological polar surface area (TPSA) is 85.6 Å². The van der Waals surface area contributed by atoms with Crippen molar-refractivity contribution in [3.05, 3.63) is 35.8 Å². The maximum absolute atomic E-state index is 12.0. The van der Waals surface area contributed by atoms with Gasteiger partial charge in [-0.1, -0.05) is 30.0 Å². The molecule has 7 nitrogen and oxygen atoms in total. The van der Waals surface area contributed by atoms with E-state index in [2.05, 4.69) is 43.0 Å². The summed E-state index contributed by atoms with van der Waals surface area (Å²) in [6.45, 7) is 2.86. The molecule has 4 rings (SSSR count). The number of anilines is 1. The van der Waals surface area contributed by atoms with E-state index in [1.807, 2.05) is 23.6 Å². The van der Waals surface area contributed by atoms with Crippen LogP contribution in [0.4, 0.5) is 5.13 Å². The summed E-state index contributed by atoms with van der Waals surface area (Å²) in [6.07, 6.45) is 1.65. The van der Waals surface area contributed by atoms with Gasteiger partial charge < -0.3 is 9.88 Å². The van der Waals surface area contributed by atoms with Gasteiger partial charge in [0.05, 0.1) is 11.3 Å². The van der Waals surface area contributed by atoms with Crippen molar-refractivity contribution in [2.75, 3.05) is 11.1 Å². The molecule has 0 aliphatic carbocycles. The zero-order valence-electron chi connectivity index (χ0n) is 13.3. The Morgan fingerprint density at radius 2 is 2.20 bits per heavy atom. The lowest BCUT2D eigenvalue weighted by atomic mass is 10.2. The highest BCUT2D eigenvalue weighted by atomic mass is 32.2. The van der Waals surface area contributed by atoms with Crippen LogP contribution in [0, 0.1) is 0 Å². The number of nitrogens with one attached hydrogen (secondary N) is 1. The third-order valence-electron chi connectivity index (χ3n) is 3.68. The quantitative estimate of drug-likeness (QED) is 0.543. The summed E-state index contributed by atoms with van der Waals surface area (Å²) in [5.74, 6) is 0.0683. The lowest BCUT2D eigenvalue weighted by Gasteiger charge is -2.03. The molecular weight excluding hydrogens is 356 g/mol. The molecule has 0 saturated heterocycles. The summed E-state index contributed by atoms with van der Waals surface area (Å²) in [6, 6.07) is 8.05. The summed E-state index contributed by atoms with van der Waals surface area (Å²) in [5, 5.41) is 15.2. The smallest absolute Gasteiger partial charge is 0.236 e. The van der Waals surface area contributed by atoms with Gasteiger partial charge in [0, 0.05) is 23.5 Å². The Bertz CT molecular complexity index is 1040. The number of carbonyl (C=O) groups excluding carboxylic acids is 1. The first-order valence-corrected chi connectivity index (χ1v) is 9.56. The summed E-state index contributed by atoms with van der Waals surface area (Å²) < 4.78 is 2.11. The molecule has 9 heteroatoms. The molecule has 0 aliphatic heterocycles. The van der Waals surface area contributed by atoms with Crippen molar-refractivity contribution in [2.45, 2.75) is 18.6 Å². The van der Waals surface area contributed by atoms with Crippen LogP contribution in [-0.2, 0) is 11.3 Å². The fourth-order valence-corrected chi connectivity index (χ4v) is 3.77. The molecule has 0 aliphatic rings. The third kappa shape index (κ3) is 3.08. The first-order valence-electron chi connectivity index (χ1n) is 7.70. The number of nitrogens with zero attached hydrogens (tertiary/aromatic N) is 5. The predicted molar refractivity (Wildman–Crippen MR) is 100.0 cm³/mol. The van der Waals surface area contributed by atoms with Gasteiger partial charge in [-0.3, -0.25) is 4.79 Å². The number of aromatic nitrogens is 5. The van der Waals surface area contributed by atoms with Crippen molar-refractivity contribution < 1.29 is 4.79 Å².